The van der Waals surface area contributed by atoms with Crippen LogP contribution in [0.3, 0.4) is 0 Å². The van der Waals surface area contributed by atoms with E-state index in [0.717, 1.165) is 0 Å². The maximum atomic E-state index is 13.2. The predicted molar refractivity (Wildman–Crippen MR) is 46.6 cm³/mol. The van der Waals surface area contributed by atoms with Crippen LogP contribution in [0.25, 0.3) is 10.9 Å². The molecule has 0 amide bonds. The topological polar surface area (TPSA) is 12.9 Å². The SMILES string of the molecule is Fc1cc(F)c2c(Cl)ccnc2c1F. The van der Waals surface area contributed by atoms with Crippen molar-refractivity contribution in [2.75, 3.05) is 0 Å². The van der Waals surface area contributed by atoms with E-state index in [1.807, 2.05) is 0 Å². The van der Waals surface area contributed by atoms with Crippen molar-refractivity contribution in [3.8, 4) is 0 Å². The summed E-state index contributed by atoms with van der Waals surface area (Å²) in [4.78, 5) is 3.52. The highest BCUT2D eigenvalue weighted by molar-refractivity contribution is 6.35. The monoisotopic (exact) mass is 217 g/mol. The average molecular weight is 218 g/mol. The molecular formula is C9H3ClF3N. The molecule has 2 aromatic rings. The van der Waals surface area contributed by atoms with Crippen LogP contribution in [0.5, 0.6) is 0 Å². The first kappa shape index (κ1) is 9.27. The molecule has 0 spiro atoms. The van der Waals surface area contributed by atoms with E-state index in [9.17, 15) is 13.2 Å². The summed E-state index contributed by atoms with van der Waals surface area (Å²) in [6.07, 6.45) is 1.19. The molecule has 0 atom stereocenters. The van der Waals surface area contributed by atoms with Crippen LogP contribution in [-0.2, 0) is 0 Å². The third-order valence-corrected chi connectivity index (χ3v) is 2.12. The van der Waals surface area contributed by atoms with Gasteiger partial charge in [-0.15, -0.1) is 0 Å². The summed E-state index contributed by atoms with van der Waals surface area (Å²) in [5, 5.41) is -0.195. The fourth-order valence-corrected chi connectivity index (χ4v) is 1.43. The number of pyridine rings is 1. The highest BCUT2D eigenvalue weighted by Gasteiger charge is 2.15. The highest BCUT2D eigenvalue weighted by Crippen LogP contribution is 2.27. The van der Waals surface area contributed by atoms with E-state index in [1.54, 1.807) is 0 Å². The van der Waals surface area contributed by atoms with Gasteiger partial charge >= 0.3 is 0 Å². The van der Waals surface area contributed by atoms with Crippen molar-refractivity contribution >= 4 is 22.5 Å². The summed E-state index contributed by atoms with van der Waals surface area (Å²) in [6, 6.07) is 1.76. The molecule has 1 heterocycles. The van der Waals surface area contributed by atoms with Gasteiger partial charge in [-0.2, -0.15) is 0 Å². The molecule has 5 heteroatoms. The Morgan fingerprint density at radius 2 is 1.86 bits per heavy atom. The van der Waals surface area contributed by atoms with E-state index >= 15 is 0 Å². The minimum atomic E-state index is -1.27. The Morgan fingerprint density at radius 1 is 1.14 bits per heavy atom. The summed E-state index contributed by atoms with van der Waals surface area (Å²) >= 11 is 5.62. The number of benzene rings is 1. The molecule has 0 aliphatic heterocycles. The van der Waals surface area contributed by atoms with Gasteiger partial charge < -0.3 is 0 Å². The molecule has 0 N–H and O–H groups in total. The van der Waals surface area contributed by atoms with E-state index in [-0.39, 0.29) is 10.4 Å². The molecule has 1 aromatic carbocycles. The van der Waals surface area contributed by atoms with Crippen LogP contribution in [0, 0.1) is 17.5 Å². The number of nitrogens with zero attached hydrogens (tertiary/aromatic N) is 1. The van der Waals surface area contributed by atoms with E-state index in [0.29, 0.717) is 6.07 Å². The van der Waals surface area contributed by atoms with Crippen molar-refractivity contribution in [2.45, 2.75) is 0 Å². The molecule has 0 radical (unpaired) electrons. The van der Waals surface area contributed by atoms with Crippen LogP contribution in [0.2, 0.25) is 5.02 Å². The van der Waals surface area contributed by atoms with Gasteiger partial charge in [-0.3, -0.25) is 4.98 Å². The molecule has 0 saturated carbocycles. The molecule has 0 saturated heterocycles. The molecular weight excluding hydrogens is 215 g/mol. The standard InChI is InChI=1S/C9H3ClF3N/c10-4-1-2-14-9-7(4)5(11)3-6(12)8(9)13/h1-3H. The number of halogens is 4. The molecule has 0 unspecified atom stereocenters. The van der Waals surface area contributed by atoms with Crippen LogP contribution < -0.4 is 0 Å². The van der Waals surface area contributed by atoms with Crippen molar-refractivity contribution < 1.29 is 13.2 Å². The molecule has 0 fully saturated rings. The van der Waals surface area contributed by atoms with Crippen LogP contribution in [0.15, 0.2) is 18.3 Å². The lowest BCUT2D eigenvalue weighted by molar-refractivity contribution is 0.504. The number of fused-ring (bicyclic) bond motifs is 1. The predicted octanol–water partition coefficient (Wildman–Crippen LogP) is 3.31. The third-order valence-electron chi connectivity index (χ3n) is 1.81. The van der Waals surface area contributed by atoms with Crippen molar-refractivity contribution in [3.63, 3.8) is 0 Å². The Bertz CT molecular complexity index is 513. The van der Waals surface area contributed by atoms with E-state index in [2.05, 4.69) is 4.98 Å². The van der Waals surface area contributed by atoms with Crippen molar-refractivity contribution in [3.05, 3.63) is 40.8 Å². The Morgan fingerprint density at radius 3 is 2.57 bits per heavy atom. The van der Waals surface area contributed by atoms with Gasteiger partial charge in [-0.25, -0.2) is 13.2 Å². The molecule has 0 aliphatic rings. The maximum absolute atomic E-state index is 13.2. The Hall–Kier alpha value is -1.29. The van der Waals surface area contributed by atoms with Crippen LogP contribution in [0.4, 0.5) is 13.2 Å². The maximum Gasteiger partial charge on any atom is 0.185 e. The Balaban J connectivity index is 3.02. The Labute approximate surface area is 82.1 Å². The third kappa shape index (κ3) is 1.23. The zero-order valence-corrected chi connectivity index (χ0v) is 7.45. The lowest BCUT2D eigenvalue weighted by Crippen LogP contribution is -1.93. The summed E-state index contributed by atoms with van der Waals surface area (Å²) in [6.45, 7) is 0. The van der Waals surface area contributed by atoms with Crippen molar-refractivity contribution in [2.24, 2.45) is 0 Å². The quantitative estimate of drug-likeness (QED) is 0.617. The van der Waals surface area contributed by atoms with E-state index in [1.165, 1.54) is 12.3 Å². The Kier molecular flexibility index (Phi) is 2.07. The first-order valence-corrected chi connectivity index (χ1v) is 4.07. The molecule has 0 aliphatic carbocycles. The number of rotatable bonds is 0. The molecule has 0 bridgehead atoms. The highest BCUT2D eigenvalue weighted by atomic mass is 35.5. The minimum absolute atomic E-state index is 0.00593. The summed E-state index contributed by atoms with van der Waals surface area (Å²) in [5.74, 6) is -3.38. The smallest absolute Gasteiger partial charge is 0.185 e. The van der Waals surface area contributed by atoms with E-state index in [4.69, 9.17) is 11.6 Å². The zero-order chi connectivity index (χ0) is 10.3. The van der Waals surface area contributed by atoms with Crippen LogP contribution in [-0.4, -0.2) is 4.98 Å². The largest absolute Gasteiger partial charge is 0.253 e. The van der Waals surface area contributed by atoms with Gasteiger partial charge in [0.25, 0.3) is 0 Å². The molecule has 1 nitrogen and oxygen atoms in total. The second-order valence-electron chi connectivity index (χ2n) is 2.67. The normalized spacial score (nSPS) is 10.9. The number of aromatic nitrogens is 1. The second-order valence-corrected chi connectivity index (χ2v) is 3.08. The van der Waals surface area contributed by atoms with Gasteiger partial charge in [0.1, 0.15) is 11.3 Å². The minimum Gasteiger partial charge on any atom is -0.253 e. The molecule has 2 rings (SSSR count). The average Bonchev–Trinajstić information content (AvgIpc) is 2.14. The number of hydrogen-bond acceptors (Lipinski definition) is 1. The molecule has 1 aromatic heterocycles. The number of hydrogen-bond donors (Lipinski definition) is 0. The van der Waals surface area contributed by atoms with Gasteiger partial charge in [0.15, 0.2) is 11.6 Å². The van der Waals surface area contributed by atoms with Crippen LogP contribution >= 0.6 is 11.6 Å². The van der Waals surface area contributed by atoms with Gasteiger partial charge in [-0.1, -0.05) is 11.6 Å². The van der Waals surface area contributed by atoms with Gasteiger partial charge in [0.2, 0.25) is 0 Å². The summed E-state index contributed by atoms with van der Waals surface area (Å²) in [7, 11) is 0. The second kappa shape index (κ2) is 3.13. The van der Waals surface area contributed by atoms with Gasteiger partial charge in [-0.05, 0) is 6.07 Å². The first-order valence-electron chi connectivity index (χ1n) is 3.69. The van der Waals surface area contributed by atoms with E-state index < -0.39 is 23.0 Å². The lowest BCUT2D eigenvalue weighted by Gasteiger charge is -2.02. The fraction of sp³-hybridized carbons (Fsp3) is 0. The molecule has 72 valence electrons. The molecule has 14 heavy (non-hydrogen) atoms. The van der Waals surface area contributed by atoms with Crippen molar-refractivity contribution in [1.82, 2.24) is 4.98 Å². The van der Waals surface area contributed by atoms with Gasteiger partial charge in [0.05, 0.1) is 10.4 Å². The van der Waals surface area contributed by atoms with Gasteiger partial charge in [0, 0.05) is 12.3 Å². The zero-order valence-electron chi connectivity index (χ0n) is 6.69. The van der Waals surface area contributed by atoms with Crippen LogP contribution in [0.1, 0.15) is 0 Å². The fourth-order valence-electron chi connectivity index (χ4n) is 1.19. The van der Waals surface area contributed by atoms with Crippen molar-refractivity contribution in [1.29, 1.82) is 0 Å². The summed E-state index contributed by atoms with van der Waals surface area (Å²) in [5.41, 5.74) is -0.394. The first-order chi connectivity index (χ1) is 6.61. The summed E-state index contributed by atoms with van der Waals surface area (Å²) < 4.78 is 39.0. The lowest BCUT2D eigenvalue weighted by atomic mass is 10.2.